The summed E-state index contributed by atoms with van der Waals surface area (Å²) in [5, 5.41) is 3.16. The molecule has 0 unspecified atom stereocenters. The standard InChI is InChI=1S/C11H14BrN3/c1-3-9-11(12)15-8(7-13-2)5-4-6-10(15)14-9/h4-6,13H,3,7H2,1-2H3. The Bertz CT molecular complexity index is 476. The van der Waals surface area contributed by atoms with Crippen molar-refractivity contribution in [1.29, 1.82) is 0 Å². The van der Waals surface area contributed by atoms with Crippen LogP contribution in [0.4, 0.5) is 0 Å². The van der Waals surface area contributed by atoms with Gasteiger partial charge in [-0.1, -0.05) is 13.0 Å². The summed E-state index contributed by atoms with van der Waals surface area (Å²) >= 11 is 3.61. The van der Waals surface area contributed by atoms with Gasteiger partial charge < -0.3 is 5.32 Å². The number of fused-ring (bicyclic) bond motifs is 1. The summed E-state index contributed by atoms with van der Waals surface area (Å²) in [5.74, 6) is 0. The summed E-state index contributed by atoms with van der Waals surface area (Å²) in [4.78, 5) is 4.56. The second-order valence-corrected chi connectivity index (χ2v) is 4.20. The minimum atomic E-state index is 0.843. The molecule has 0 atom stereocenters. The molecule has 80 valence electrons. The SMILES string of the molecule is CCc1nc2cccc(CNC)n2c1Br. The molecule has 15 heavy (non-hydrogen) atoms. The van der Waals surface area contributed by atoms with E-state index in [4.69, 9.17) is 0 Å². The number of halogens is 1. The summed E-state index contributed by atoms with van der Waals surface area (Å²) < 4.78 is 3.22. The summed E-state index contributed by atoms with van der Waals surface area (Å²) in [6, 6.07) is 6.18. The van der Waals surface area contributed by atoms with Crippen LogP contribution in [0.2, 0.25) is 0 Å². The molecule has 0 aromatic carbocycles. The normalized spacial score (nSPS) is 11.1. The van der Waals surface area contributed by atoms with Gasteiger partial charge in [-0.05, 0) is 41.5 Å². The van der Waals surface area contributed by atoms with Crippen molar-refractivity contribution in [1.82, 2.24) is 14.7 Å². The van der Waals surface area contributed by atoms with E-state index in [1.54, 1.807) is 0 Å². The van der Waals surface area contributed by atoms with E-state index in [2.05, 4.69) is 43.6 Å². The molecule has 2 heterocycles. The number of nitrogens with one attached hydrogen (secondary N) is 1. The van der Waals surface area contributed by atoms with Gasteiger partial charge in [0.15, 0.2) is 0 Å². The molecular formula is C11H14BrN3. The fourth-order valence-corrected chi connectivity index (χ4v) is 2.49. The Hall–Kier alpha value is -0.870. The summed E-state index contributed by atoms with van der Waals surface area (Å²) in [6.45, 7) is 2.96. The van der Waals surface area contributed by atoms with Crippen molar-refractivity contribution in [2.75, 3.05) is 7.05 Å². The average molecular weight is 268 g/mol. The van der Waals surface area contributed by atoms with Gasteiger partial charge >= 0.3 is 0 Å². The number of imidazole rings is 1. The number of hydrogen-bond donors (Lipinski definition) is 1. The number of aromatic nitrogens is 2. The fourth-order valence-electron chi connectivity index (χ4n) is 1.71. The van der Waals surface area contributed by atoms with Gasteiger partial charge in [-0.15, -0.1) is 0 Å². The van der Waals surface area contributed by atoms with Crippen LogP contribution in [-0.2, 0) is 13.0 Å². The van der Waals surface area contributed by atoms with Crippen LogP contribution in [-0.4, -0.2) is 16.4 Å². The van der Waals surface area contributed by atoms with E-state index in [1.165, 1.54) is 5.69 Å². The van der Waals surface area contributed by atoms with Crippen molar-refractivity contribution >= 4 is 21.6 Å². The predicted molar refractivity (Wildman–Crippen MR) is 65.0 cm³/mol. The lowest BCUT2D eigenvalue weighted by Gasteiger charge is -2.05. The van der Waals surface area contributed by atoms with Gasteiger partial charge in [0.2, 0.25) is 0 Å². The van der Waals surface area contributed by atoms with Gasteiger partial charge in [-0.3, -0.25) is 4.40 Å². The zero-order valence-corrected chi connectivity index (χ0v) is 10.5. The summed E-state index contributed by atoms with van der Waals surface area (Å²) in [5.41, 5.74) is 3.33. The molecule has 0 aliphatic carbocycles. The van der Waals surface area contributed by atoms with Crippen LogP contribution in [0.25, 0.3) is 5.65 Å². The molecule has 2 aromatic heterocycles. The lowest BCUT2D eigenvalue weighted by Crippen LogP contribution is -2.09. The quantitative estimate of drug-likeness (QED) is 0.926. The maximum atomic E-state index is 4.56. The van der Waals surface area contributed by atoms with E-state index >= 15 is 0 Å². The topological polar surface area (TPSA) is 29.3 Å². The minimum absolute atomic E-state index is 0.843. The third-order valence-corrected chi connectivity index (χ3v) is 3.24. The Morgan fingerprint density at radius 2 is 2.27 bits per heavy atom. The highest BCUT2D eigenvalue weighted by molar-refractivity contribution is 9.10. The first-order valence-electron chi connectivity index (χ1n) is 5.07. The Labute approximate surface area is 97.6 Å². The lowest BCUT2D eigenvalue weighted by molar-refractivity contribution is 0.773. The fraction of sp³-hybridized carbons (Fsp3) is 0.364. The second kappa shape index (κ2) is 4.33. The predicted octanol–water partition coefficient (Wildman–Crippen LogP) is 2.38. The average Bonchev–Trinajstić information content (AvgIpc) is 2.57. The first-order valence-corrected chi connectivity index (χ1v) is 5.86. The third kappa shape index (κ3) is 1.79. The summed E-state index contributed by atoms with van der Waals surface area (Å²) in [6.07, 6.45) is 0.946. The Morgan fingerprint density at radius 3 is 2.93 bits per heavy atom. The van der Waals surface area contributed by atoms with Gasteiger partial charge in [0, 0.05) is 12.2 Å². The molecule has 0 saturated carbocycles. The highest BCUT2D eigenvalue weighted by atomic mass is 79.9. The van der Waals surface area contributed by atoms with Crippen LogP contribution in [0.3, 0.4) is 0 Å². The van der Waals surface area contributed by atoms with Crippen LogP contribution in [0.1, 0.15) is 18.3 Å². The molecule has 0 fully saturated rings. The van der Waals surface area contributed by atoms with Gasteiger partial charge in [-0.2, -0.15) is 0 Å². The molecule has 3 nitrogen and oxygen atoms in total. The molecule has 0 aliphatic heterocycles. The first-order chi connectivity index (χ1) is 7.27. The molecular weight excluding hydrogens is 254 g/mol. The Morgan fingerprint density at radius 1 is 1.47 bits per heavy atom. The Balaban J connectivity index is 2.67. The van der Waals surface area contributed by atoms with Gasteiger partial charge in [0.25, 0.3) is 0 Å². The van der Waals surface area contributed by atoms with Crippen molar-refractivity contribution in [3.05, 3.63) is 34.2 Å². The molecule has 0 radical (unpaired) electrons. The van der Waals surface area contributed by atoms with Crippen LogP contribution in [0.15, 0.2) is 22.8 Å². The zero-order chi connectivity index (χ0) is 10.8. The van der Waals surface area contributed by atoms with Crippen molar-refractivity contribution in [3.8, 4) is 0 Å². The van der Waals surface area contributed by atoms with E-state index in [1.807, 2.05) is 19.2 Å². The van der Waals surface area contributed by atoms with E-state index < -0.39 is 0 Å². The van der Waals surface area contributed by atoms with Crippen LogP contribution >= 0.6 is 15.9 Å². The number of hydrogen-bond acceptors (Lipinski definition) is 2. The highest BCUT2D eigenvalue weighted by Gasteiger charge is 2.10. The molecule has 1 N–H and O–H groups in total. The number of aryl methyl sites for hydroxylation is 1. The van der Waals surface area contributed by atoms with Crippen molar-refractivity contribution < 1.29 is 0 Å². The summed E-state index contributed by atoms with van der Waals surface area (Å²) in [7, 11) is 1.95. The maximum Gasteiger partial charge on any atom is 0.138 e. The largest absolute Gasteiger partial charge is 0.314 e. The molecule has 0 amide bonds. The van der Waals surface area contributed by atoms with Crippen molar-refractivity contribution in [3.63, 3.8) is 0 Å². The van der Waals surface area contributed by atoms with Gasteiger partial charge in [0.05, 0.1) is 5.69 Å². The van der Waals surface area contributed by atoms with Crippen LogP contribution in [0, 0.1) is 0 Å². The molecule has 2 aromatic rings. The minimum Gasteiger partial charge on any atom is -0.314 e. The molecule has 0 aliphatic rings. The maximum absolute atomic E-state index is 4.56. The number of rotatable bonds is 3. The van der Waals surface area contributed by atoms with Crippen LogP contribution < -0.4 is 5.32 Å². The lowest BCUT2D eigenvalue weighted by atomic mass is 10.3. The van der Waals surface area contributed by atoms with Crippen LogP contribution in [0.5, 0.6) is 0 Å². The molecule has 2 rings (SSSR count). The molecule has 4 heteroatoms. The Kier molecular flexibility index (Phi) is 3.07. The van der Waals surface area contributed by atoms with Crippen molar-refractivity contribution in [2.24, 2.45) is 0 Å². The monoisotopic (exact) mass is 267 g/mol. The highest BCUT2D eigenvalue weighted by Crippen LogP contribution is 2.21. The number of pyridine rings is 1. The van der Waals surface area contributed by atoms with Gasteiger partial charge in [0.1, 0.15) is 10.3 Å². The van der Waals surface area contributed by atoms with E-state index in [0.29, 0.717) is 0 Å². The first kappa shape index (κ1) is 10.6. The molecule has 0 spiro atoms. The smallest absolute Gasteiger partial charge is 0.138 e. The van der Waals surface area contributed by atoms with E-state index in [9.17, 15) is 0 Å². The van der Waals surface area contributed by atoms with Gasteiger partial charge in [-0.25, -0.2) is 4.98 Å². The third-order valence-electron chi connectivity index (χ3n) is 2.43. The zero-order valence-electron chi connectivity index (χ0n) is 8.92. The van der Waals surface area contributed by atoms with Crippen molar-refractivity contribution in [2.45, 2.75) is 19.9 Å². The van der Waals surface area contributed by atoms with E-state index in [-0.39, 0.29) is 0 Å². The van der Waals surface area contributed by atoms with E-state index in [0.717, 1.165) is 28.9 Å². The second-order valence-electron chi connectivity index (χ2n) is 3.44. The molecule has 0 saturated heterocycles. The number of nitrogens with zero attached hydrogens (tertiary/aromatic N) is 2. The molecule has 0 bridgehead atoms.